The number of carboxylic acid groups (broad SMARTS) is 1. The van der Waals surface area contributed by atoms with Crippen LogP contribution in [0.1, 0.15) is 23.5 Å². The van der Waals surface area contributed by atoms with E-state index in [1.807, 2.05) is 36.4 Å². The van der Waals surface area contributed by atoms with Crippen LogP contribution in [-0.4, -0.2) is 11.1 Å². The maximum atomic E-state index is 10.5. The second-order valence-corrected chi connectivity index (χ2v) is 3.19. The van der Waals surface area contributed by atoms with Gasteiger partial charge in [-0.15, -0.1) is 0 Å². The Morgan fingerprint density at radius 2 is 2.15 bits per heavy atom. The van der Waals surface area contributed by atoms with Crippen LogP contribution >= 0.6 is 0 Å². The highest BCUT2D eigenvalue weighted by Gasteiger charge is 2.18. The lowest BCUT2D eigenvalue weighted by Crippen LogP contribution is -2.02. The monoisotopic (exact) mass is 174 g/mol. The van der Waals surface area contributed by atoms with Crippen molar-refractivity contribution < 1.29 is 9.90 Å². The summed E-state index contributed by atoms with van der Waals surface area (Å²) in [6.07, 6.45) is 4.13. The third-order valence-corrected chi connectivity index (χ3v) is 2.30. The van der Waals surface area contributed by atoms with E-state index in [1.54, 1.807) is 0 Å². The molecule has 0 aliphatic heterocycles. The van der Waals surface area contributed by atoms with Gasteiger partial charge in [0.25, 0.3) is 0 Å². The Kier molecular flexibility index (Phi) is 1.89. The zero-order valence-corrected chi connectivity index (χ0v) is 7.10. The Morgan fingerprint density at radius 1 is 1.38 bits per heavy atom. The minimum Gasteiger partial charge on any atom is -0.481 e. The van der Waals surface area contributed by atoms with E-state index in [2.05, 4.69) is 0 Å². The first kappa shape index (κ1) is 8.05. The summed E-state index contributed by atoms with van der Waals surface area (Å²) in [5.41, 5.74) is 2.28. The largest absolute Gasteiger partial charge is 0.481 e. The van der Waals surface area contributed by atoms with Gasteiger partial charge in [-0.3, -0.25) is 4.79 Å². The van der Waals surface area contributed by atoms with Gasteiger partial charge in [0.1, 0.15) is 0 Å². The van der Waals surface area contributed by atoms with Gasteiger partial charge in [-0.05, 0) is 11.1 Å². The molecule has 0 heterocycles. The van der Waals surface area contributed by atoms with E-state index in [0.29, 0.717) is 0 Å². The molecule has 0 unspecified atom stereocenters. The highest BCUT2D eigenvalue weighted by Crippen LogP contribution is 2.31. The van der Waals surface area contributed by atoms with E-state index in [-0.39, 0.29) is 12.3 Å². The van der Waals surface area contributed by atoms with Gasteiger partial charge in [0.15, 0.2) is 0 Å². The predicted octanol–water partition coefficient (Wildman–Crippen LogP) is 2.27. The van der Waals surface area contributed by atoms with Crippen molar-refractivity contribution in [3.05, 3.63) is 41.5 Å². The summed E-state index contributed by atoms with van der Waals surface area (Å²) in [5.74, 6) is -0.681. The Labute approximate surface area is 76.5 Å². The molecule has 13 heavy (non-hydrogen) atoms. The number of rotatable bonds is 2. The van der Waals surface area contributed by atoms with Crippen LogP contribution in [0, 0.1) is 0 Å². The molecule has 1 aliphatic carbocycles. The predicted molar refractivity (Wildman–Crippen MR) is 50.5 cm³/mol. The van der Waals surface area contributed by atoms with Crippen LogP contribution in [0.5, 0.6) is 0 Å². The van der Waals surface area contributed by atoms with E-state index in [0.717, 1.165) is 11.1 Å². The maximum absolute atomic E-state index is 10.5. The van der Waals surface area contributed by atoms with Gasteiger partial charge < -0.3 is 5.11 Å². The van der Waals surface area contributed by atoms with Crippen LogP contribution in [0.4, 0.5) is 0 Å². The zero-order valence-electron chi connectivity index (χ0n) is 7.10. The van der Waals surface area contributed by atoms with Crippen molar-refractivity contribution in [1.82, 2.24) is 0 Å². The van der Waals surface area contributed by atoms with Gasteiger partial charge >= 0.3 is 5.97 Å². The zero-order chi connectivity index (χ0) is 9.26. The smallest absolute Gasteiger partial charge is 0.304 e. The van der Waals surface area contributed by atoms with Crippen molar-refractivity contribution in [3.8, 4) is 0 Å². The van der Waals surface area contributed by atoms with E-state index in [9.17, 15) is 4.79 Å². The van der Waals surface area contributed by atoms with E-state index >= 15 is 0 Å². The minimum atomic E-state index is -0.744. The molecule has 2 heteroatoms. The van der Waals surface area contributed by atoms with Gasteiger partial charge in [-0.25, -0.2) is 0 Å². The number of benzene rings is 1. The summed E-state index contributed by atoms with van der Waals surface area (Å²) in [6.45, 7) is 0. The van der Waals surface area contributed by atoms with Crippen molar-refractivity contribution in [2.45, 2.75) is 12.3 Å². The van der Waals surface area contributed by atoms with Gasteiger partial charge in [0, 0.05) is 5.92 Å². The van der Waals surface area contributed by atoms with Crippen molar-refractivity contribution in [2.24, 2.45) is 0 Å². The number of hydrogen-bond acceptors (Lipinski definition) is 1. The van der Waals surface area contributed by atoms with Crippen LogP contribution in [0.15, 0.2) is 30.3 Å². The summed E-state index contributed by atoms with van der Waals surface area (Å²) in [5, 5.41) is 8.67. The first-order valence-corrected chi connectivity index (χ1v) is 4.26. The fraction of sp³-hybridized carbons (Fsp3) is 0.182. The van der Waals surface area contributed by atoms with Crippen LogP contribution in [0.25, 0.3) is 6.08 Å². The first-order valence-electron chi connectivity index (χ1n) is 4.26. The summed E-state index contributed by atoms with van der Waals surface area (Å²) < 4.78 is 0. The molecule has 0 saturated carbocycles. The van der Waals surface area contributed by atoms with Gasteiger partial charge in [0.05, 0.1) is 6.42 Å². The number of carbonyl (C=O) groups is 1. The third-order valence-electron chi connectivity index (χ3n) is 2.30. The lowest BCUT2D eigenvalue weighted by molar-refractivity contribution is -0.137. The molecule has 1 aromatic carbocycles. The topological polar surface area (TPSA) is 37.3 Å². The van der Waals surface area contributed by atoms with Crippen LogP contribution in [0.3, 0.4) is 0 Å². The average molecular weight is 174 g/mol. The fourth-order valence-corrected chi connectivity index (χ4v) is 1.69. The van der Waals surface area contributed by atoms with Gasteiger partial charge in [-0.1, -0.05) is 36.4 Å². The number of fused-ring (bicyclic) bond motifs is 1. The molecule has 0 spiro atoms. The van der Waals surface area contributed by atoms with E-state index in [1.165, 1.54) is 0 Å². The van der Waals surface area contributed by atoms with E-state index < -0.39 is 5.97 Å². The number of allylic oxidation sites excluding steroid dienone is 1. The summed E-state index contributed by atoms with van der Waals surface area (Å²) >= 11 is 0. The lowest BCUT2D eigenvalue weighted by Gasteiger charge is -2.06. The Hall–Kier alpha value is -1.57. The highest BCUT2D eigenvalue weighted by molar-refractivity contribution is 5.72. The summed E-state index contributed by atoms with van der Waals surface area (Å²) in [6, 6.07) is 7.91. The van der Waals surface area contributed by atoms with Crippen molar-refractivity contribution in [3.63, 3.8) is 0 Å². The van der Waals surface area contributed by atoms with Gasteiger partial charge in [-0.2, -0.15) is 0 Å². The molecule has 0 saturated heterocycles. The fourth-order valence-electron chi connectivity index (χ4n) is 1.69. The first-order chi connectivity index (χ1) is 6.27. The maximum Gasteiger partial charge on any atom is 0.304 e. The molecular weight excluding hydrogens is 164 g/mol. The van der Waals surface area contributed by atoms with Crippen molar-refractivity contribution in [1.29, 1.82) is 0 Å². The normalized spacial score (nSPS) is 18.6. The summed E-state index contributed by atoms with van der Waals surface area (Å²) in [4.78, 5) is 10.5. The molecule has 66 valence electrons. The molecular formula is C11H10O2. The standard InChI is InChI=1S/C11H10O2/c12-11(13)7-9-6-5-8-3-1-2-4-10(8)9/h1-6,9H,7H2,(H,12,13)/t9-/m0/s1. The number of hydrogen-bond donors (Lipinski definition) is 1. The Morgan fingerprint density at radius 3 is 2.92 bits per heavy atom. The van der Waals surface area contributed by atoms with E-state index in [4.69, 9.17) is 5.11 Å². The number of aliphatic carboxylic acids is 1. The Balaban J connectivity index is 2.28. The summed E-state index contributed by atoms with van der Waals surface area (Å²) in [7, 11) is 0. The molecule has 1 N–H and O–H groups in total. The number of carboxylic acids is 1. The van der Waals surface area contributed by atoms with Gasteiger partial charge in [0.2, 0.25) is 0 Å². The molecule has 0 aromatic heterocycles. The molecule has 2 nitrogen and oxygen atoms in total. The van der Waals surface area contributed by atoms with Crippen LogP contribution in [-0.2, 0) is 4.79 Å². The quantitative estimate of drug-likeness (QED) is 0.746. The second-order valence-electron chi connectivity index (χ2n) is 3.19. The molecule has 1 aromatic rings. The van der Waals surface area contributed by atoms with Crippen molar-refractivity contribution >= 4 is 12.0 Å². The third kappa shape index (κ3) is 1.47. The van der Waals surface area contributed by atoms with Crippen molar-refractivity contribution in [2.75, 3.05) is 0 Å². The molecule has 1 aliphatic rings. The molecule has 2 rings (SSSR count). The molecule has 1 atom stereocenters. The molecule has 0 fully saturated rings. The molecule has 0 radical (unpaired) electrons. The minimum absolute atomic E-state index is 0.0636. The lowest BCUT2D eigenvalue weighted by atomic mass is 9.98. The van der Waals surface area contributed by atoms with Crippen LogP contribution < -0.4 is 0 Å². The Bertz CT molecular complexity index is 366. The average Bonchev–Trinajstić information content (AvgIpc) is 2.48. The second kappa shape index (κ2) is 3.05. The van der Waals surface area contributed by atoms with Crippen LogP contribution in [0.2, 0.25) is 0 Å². The molecule has 0 amide bonds. The highest BCUT2D eigenvalue weighted by atomic mass is 16.4. The SMILES string of the molecule is O=C(O)C[C@@H]1C=Cc2ccccc21. The molecule has 0 bridgehead atoms.